The highest BCUT2D eigenvalue weighted by Gasteiger charge is 2.22. The van der Waals surface area contributed by atoms with Gasteiger partial charge in [0.15, 0.2) is 0 Å². The highest BCUT2D eigenvalue weighted by atomic mass is 16.5. The van der Waals surface area contributed by atoms with Gasteiger partial charge in [0.25, 0.3) is 0 Å². The summed E-state index contributed by atoms with van der Waals surface area (Å²) in [5, 5.41) is 4.67. The Labute approximate surface area is 113 Å². The second-order valence-electron chi connectivity index (χ2n) is 5.32. The monoisotopic (exact) mass is 259 g/mol. The maximum Gasteiger partial charge on any atom is 0.134 e. The third-order valence-electron chi connectivity index (χ3n) is 4.14. The Kier molecular flexibility index (Phi) is 3.85. The lowest BCUT2D eigenvalue weighted by atomic mass is 9.89. The van der Waals surface area contributed by atoms with Crippen LogP contribution in [-0.2, 0) is 4.74 Å². The van der Waals surface area contributed by atoms with Gasteiger partial charge in [-0.15, -0.1) is 0 Å². The zero-order valence-electron chi connectivity index (χ0n) is 11.4. The number of para-hydroxylation sites is 1. The molecule has 102 valence electrons. The first-order valence-corrected chi connectivity index (χ1v) is 7.09. The minimum absolute atomic E-state index is 0.367. The lowest BCUT2D eigenvalue weighted by molar-refractivity contribution is 0.0608. The van der Waals surface area contributed by atoms with E-state index in [0.29, 0.717) is 6.04 Å². The van der Waals surface area contributed by atoms with Gasteiger partial charge < -0.3 is 14.5 Å². The predicted molar refractivity (Wildman–Crippen MR) is 76.2 cm³/mol. The average Bonchev–Trinajstić information content (AvgIpc) is 2.90. The van der Waals surface area contributed by atoms with Crippen molar-refractivity contribution in [1.82, 2.24) is 5.32 Å². The van der Waals surface area contributed by atoms with Crippen LogP contribution in [0.25, 0.3) is 11.0 Å². The van der Waals surface area contributed by atoms with Crippen LogP contribution in [0.4, 0.5) is 0 Å². The van der Waals surface area contributed by atoms with Crippen molar-refractivity contribution in [2.24, 2.45) is 5.92 Å². The summed E-state index contributed by atoms with van der Waals surface area (Å²) in [4.78, 5) is 0. The summed E-state index contributed by atoms with van der Waals surface area (Å²) in [6, 6.07) is 8.62. The molecule has 0 radical (unpaired) electrons. The van der Waals surface area contributed by atoms with E-state index in [4.69, 9.17) is 9.15 Å². The first kappa shape index (κ1) is 12.7. The molecule has 1 aliphatic rings. The van der Waals surface area contributed by atoms with Crippen molar-refractivity contribution in [3.63, 3.8) is 0 Å². The lowest BCUT2D eigenvalue weighted by Gasteiger charge is -2.26. The highest BCUT2D eigenvalue weighted by molar-refractivity contribution is 5.81. The number of benzene rings is 1. The number of hydrogen-bond donors (Lipinski definition) is 1. The van der Waals surface area contributed by atoms with E-state index in [0.717, 1.165) is 31.1 Å². The highest BCUT2D eigenvalue weighted by Crippen LogP contribution is 2.32. The first-order chi connectivity index (χ1) is 9.38. The van der Waals surface area contributed by atoms with Crippen molar-refractivity contribution >= 4 is 11.0 Å². The predicted octanol–water partition coefficient (Wildman–Crippen LogP) is 3.51. The Balaban J connectivity index is 1.81. The lowest BCUT2D eigenvalue weighted by Crippen LogP contribution is -2.23. The largest absolute Gasteiger partial charge is 0.464 e. The van der Waals surface area contributed by atoms with Gasteiger partial charge in [-0.3, -0.25) is 0 Å². The number of hydrogen-bond acceptors (Lipinski definition) is 3. The van der Waals surface area contributed by atoms with Crippen molar-refractivity contribution in [1.29, 1.82) is 0 Å². The van der Waals surface area contributed by atoms with Gasteiger partial charge in [0.2, 0.25) is 0 Å². The molecule has 3 rings (SSSR count). The van der Waals surface area contributed by atoms with E-state index in [1.807, 2.05) is 25.4 Å². The zero-order valence-corrected chi connectivity index (χ0v) is 11.4. The molecule has 0 spiro atoms. The molecule has 1 aromatic heterocycles. The van der Waals surface area contributed by atoms with Gasteiger partial charge >= 0.3 is 0 Å². The van der Waals surface area contributed by atoms with Gasteiger partial charge in [-0.25, -0.2) is 0 Å². The molecule has 1 N–H and O–H groups in total. The van der Waals surface area contributed by atoms with Crippen molar-refractivity contribution in [3.8, 4) is 0 Å². The Hall–Kier alpha value is -1.32. The Morgan fingerprint density at radius 3 is 2.84 bits per heavy atom. The molecule has 1 aliphatic heterocycles. The molecule has 0 aliphatic carbocycles. The summed E-state index contributed by atoms with van der Waals surface area (Å²) in [7, 11) is 2.03. The SMILES string of the molecule is CNC(CC1CCOCC1)c1coc2ccccc12. The molecule has 1 unspecified atom stereocenters. The molecule has 1 aromatic carbocycles. The van der Waals surface area contributed by atoms with Crippen LogP contribution in [0, 0.1) is 5.92 Å². The topological polar surface area (TPSA) is 34.4 Å². The van der Waals surface area contributed by atoms with Gasteiger partial charge in [-0.1, -0.05) is 18.2 Å². The van der Waals surface area contributed by atoms with Crippen molar-refractivity contribution in [3.05, 3.63) is 36.1 Å². The Morgan fingerprint density at radius 2 is 2.05 bits per heavy atom. The number of ether oxygens (including phenoxy) is 1. The summed E-state index contributed by atoms with van der Waals surface area (Å²) in [6.07, 6.45) is 5.41. The van der Waals surface area contributed by atoms with Crippen LogP contribution in [0.2, 0.25) is 0 Å². The van der Waals surface area contributed by atoms with Crippen molar-refractivity contribution in [2.75, 3.05) is 20.3 Å². The molecule has 0 bridgehead atoms. The second kappa shape index (κ2) is 5.76. The molecular weight excluding hydrogens is 238 g/mol. The summed E-state index contributed by atoms with van der Waals surface area (Å²) < 4.78 is 11.1. The van der Waals surface area contributed by atoms with Gasteiger partial charge in [0.05, 0.1) is 6.26 Å². The molecule has 2 aromatic rings. The fourth-order valence-corrected chi connectivity index (χ4v) is 2.98. The van der Waals surface area contributed by atoms with Gasteiger partial charge in [-0.05, 0) is 38.3 Å². The Morgan fingerprint density at radius 1 is 1.26 bits per heavy atom. The molecule has 3 heteroatoms. The molecule has 19 heavy (non-hydrogen) atoms. The van der Waals surface area contributed by atoms with Gasteiger partial charge in [0.1, 0.15) is 5.58 Å². The average molecular weight is 259 g/mol. The minimum Gasteiger partial charge on any atom is -0.464 e. The van der Waals surface area contributed by atoms with Gasteiger partial charge in [0, 0.05) is 30.2 Å². The molecule has 1 fully saturated rings. The summed E-state index contributed by atoms with van der Waals surface area (Å²) in [5.74, 6) is 0.750. The number of rotatable bonds is 4. The third kappa shape index (κ3) is 2.67. The smallest absolute Gasteiger partial charge is 0.134 e. The fraction of sp³-hybridized carbons (Fsp3) is 0.500. The molecular formula is C16H21NO2. The van der Waals surface area contributed by atoms with E-state index in [1.165, 1.54) is 23.8 Å². The van der Waals surface area contributed by atoms with E-state index in [9.17, 15) is 0 Å². The van der Waals surface area contributed by atoms with Gasteiger partial charge in [-0.2, -0.15) is 0 Å². The first-order valence-electron chi connectivity index (χ1n) is 7.09. The quantitative estimate of drug-likeness (QED) is 0.912. The maximum absolute atomic E-state index is 5.66. The van der Waals surface area contributed by atoms with Crippen LogP contribution >= 0.6 is 0 Å². The van der Waals surface area contributed by atoms with Crippen LogP contribution in [0.15, 0.2) is 34.9 Å². The summed E-state index contributed by atoms with van der Waals surface area (Å²) in [6.45, 7) is 1.82. The summed E-state index contributed by atoms with van der Waals surface area (Å²) in [5.41, 5.74) is 2.26. The number of nitrogens with one attached hydrogen (secondary N) is 1. The third-order valence-corrected chi connectivity index (χ3v) is 4.14. The molecule has 2 heterocycles. The molecule has 0 saturated carbocycles. The van der Waals surface area contributed by atoms with Crippen LogP contribution in [0.1, 0.15) is 30.9 Å². The van der Waals surface area contributed by atoms with E-state index in [1.54, 1.807) is 0 Å². The number of fused-ring (bicyclic) bond motifs is 1. The molecule has 0 amide bonds. The molecule has 3 nitrogen and oxygen atoms in total. The normalized spacial score (nSPS) is 18.8. The van der Waals surface area contributed by atoms with Crippen LogP contribution in [0.3, 0.4) is 0 Å². The zero-order chi connectivity index (χ0) is 13.1. The molecule has 1 saturated heterocycles. The minimum atomic E-state index is 0.367. The van der Waals surface area contributed by atoms with Crippen LogP contribution in [-0.4, -0.2) is 20.3 Å². The van der Waals surface area contributed by atoms with E-state index in [2.05, 4.69) is 17.4 Å². The maximum atomic E-state index is 5.66. The molecule has 1 atom stereocenters. The summed E-state index contributed by atoms with van der Waals surface area (Å²) >= 11 is 0. The van der Waals surface area contributed by atoms with E-state index >= 15 is 0 Å². The van der Waals surface area contributed by atoms with Crippen LogP contribution in [0.5, 0.6) is 0 Å². The standard InChI is InChI=1S/C16H21NO2/c1-17-15(10-12-6-8-18-9-7-12)14-11-19-16-5-3-2-4-13(14)16/h2-5,11-12,15,17H,6-10H2,1H3. The van der Waals surface area contributed by atoms with Crippen molar-refractivity contribution in [2.45, 2.75) is 25.3 Å². The Bertz CT molecular complexity index is 528. The fourth-order valence-electron chi connectivity index (χ4n) is 2.98. The van der Waals surface area contributed by atoms with Crippen molar-refractivity contribution < 1.29 is 9.15 Å². The van der Waals surface area contributed by atoms with Crippen LogP contribution < -0.4 is 5.32 Å². The van der Waals surface area contributed by atoms with E-state index < -0.39 is 0 Å². The number of furan rings is 1. The second-order valence-corrected chi connectivity index (χ2v) is 5.32. The van der Waals surface area contributed by atoms with E-state index in [-0.39, 0.29) is 0 Å².